The molecule has 0 saturated heterocycles. The molecule has 0 spiro atoms. The summed E-state index contributed by atoms with van der Waals surface area (Å²) in [5.41, 5.74) is 2.96. The fraction of sp³-hybridized carbons (Fsp3) is 0.400. The number of anilines is 1. The standard InChI is InChI=1S/C10H14N2O2S/c11-15(13,14)12-10-7-3-5-8-4-1-2-6-9(8)10/h3,5,7,12H,1-2,4,6H2,(H2,11,13,14). The molecular formula is C10H14N2O2S. The third-order valence-electron chi connectivity index (χ3n) is 2.65. The summed E-state index contributed by atoms with van der Waals surface area (Å²) in [6.45, 7) is 0. The second kappa shape index (κ2) is 3.83. The zero-order valence-electron chi connectivity index (χ0n) is 8.36. The number of fused-ring (bicyclic) bond motifs is 1. The fourth-order valence-electron chi connectivity index (χ4n) is 2.03. The van der Waals surface area contributed by atoms with Crippen LogP contribution in [0.4, 0.5) is 5.69 Å². The van der Waals surface area contributed by atoms with Crippen LogP contribution in [0.15, 0.2) is 18.2 Å². The average molecular weight is 226 g/mol. The SMILES string of the molecule is NS(=O)(=O)Nc1cccc2c1CCCC2. The van der Waals surface area contributed by atoms with Gasteiger partial charge < -0.3 is 0 Å². The quantitative estimate of drug-likeness (QED) is 0.794. The van der Waals surface area contributed by atoms with Gasteiger partial charge in [0, 0.05) is 0 Å². The van der Waals surface area contributed by atoms with Crippen molar-refractivity contribution in [3.63, 3.8) is 0 Å². The molecule has 0 fully saturated rings. The lowest BCUT2D eigenvalue weighted by Gasteiger charge is -2.19. The van der Waals surface area contributed by atoms with E-state index in [0.29, 0.717) is 5.69 Å². The van der Waals surface area contributed by atoms with E-state index < -0.39 is 10.2 Å². The molecule has 1 aromatic rings. The van der Waals surface area contributed by atoms with Crippen LogP contribution in [0.3, 0.4) is 0 Å². The van der Waals surface area contributed by atoms with Gasteiger partial charge in [-0.05, 0) is 42.9 Å². The van der Waals surface area contributed by atoms with Gasteiger partial charge in [0.15, 0.2) is 0 Å². The first-order valence-corrected chi connectivity index (χ1v) is 6.52. The molecule has 1 aliphatic rings. The lowest BCUT2D eigenvalue weighted by Crippen LogP contribution is -2.23. The van der Waals surface area contributed by atoms with Gasteiger partial charge in [0.1, 0.15) is 0 Å². The molecule has 0 saturated carbocycles. The first-order valence-electron chi connectivity index (χ1n) is 4.97. The van der Waals surface area contributed by atoms with Gasteiger partial charge in [-0.2, -0.15) is 8.42 Å². The van der Waals surface area contributed by atoms with Crippen molar-refractivity contribution in [3.05, 3.63) is 29.3 Å². The normalized spacial score (nSPS) is 15.8. The molecule has 0 bridgehead atoms. The number of nitrogens with one attached hydrogen (secondary N) is 1. The third-order valence-corrected chi connectivity index (χ3v) is 3.15. The van der Waals surface area contributed by atoms with E-state index in [1.54, 1.807) is 6.07 Å². The van der Waals surface area contributed by atoms with E-state index in [-0.39, 0.29) is 0 Å². The first-order chi connectivity index (χ1) is 7.06. The van der Waals surface area contributed by atoms with Gasteiger partial charge in [-0.3, -0.25) is 4.72 Å². The molecule has 0 amide bonds. The summed E-state index contributed by atoms with van der Waals surface area (Å²) >= 11 is 0. The van der Waals surface area contributed by atoms with Gasteiger partial charge in [0.25, 0.3) is 10.2 Å². The van der Waals surface area contributed by atoms with E-state index in [0.717, 1.165) is 24.8 Å². The molecule has 1 aliphatic carbocycles. The molecule has 2 rings (SSSR count). The van der Waals surface area contributed by atoms with Gasteiger partial charge in [-0.1, -0.05) is 12.1 Å². The van der Waals surface area contributed by atoms with Crippen molar-refractivity contribution >= 4 is 15.9 Å². The zero-order valence-corrected chi connectivity index (χ0v) is 9.18. The van der Waals surface area contributed by atoms with Crippen molar-refractivity contribution in [2.24, 2.45) is 5.14 Å². The maximum absolute atomic E-state index is 11.0. The molecule has 82 valence electrons. The van der Waals surface area contributed by atoms with Crippen molar-refractivity contribution in [2.45, 2.75) is 25.7 Å². The van der Waals surface area contributed by atoms with E-state index in [1.165, 1.54) is 12.0 Å². The topological polar surface area (TPSA) is 72.2 Å². The second-order valence-electron chi connectivity index (χ2n) is 3.80. The lowest BCUT2D eigenvalue weighted by molar-refractivity contribution is 0.602. The van der Waals surface area contributed by atoms with E-state index in [1.807, 2.05) is 12.1 Å². The van der Waals surface area contributed by atoms with Crippen LogP contribution >= 0.6 is 0 Å². The number of aryl methyl sites for hydroxylation is 1. The van der Waals surface area contributed by atoms with Gasteiger partial charge in [0.2, 0.25) is 0 Å². The predicted octanol–water partition coefficient (Wildman–Crippen LogP) is 1.18. The van der Waals surface area contributed by atoms with Crippen molar-refractivity contribution in [1.82, 2.24) is 0 Å². The first kappa shape index (κ1) is 10.4. The fourth-order valence-corrected chi connectivity index (χ4v) is 2.53. The van der Waals surface area contributed by atoms with Gasteiger partial charge in [-0.25, -0.2) is 5.14 Å². The molecule has 5 heteroatoms. The average Bonchev–Trinajstić information content (AvgIpc) is 2.16. The minimum atomic E-state index is -3.66. The van der Waals surface area contributed by atoms with E-state index >= 15 is 0 Å². The van der Waals surface area contributed by atoms with Crippen LogP contribution in [0.5, 0.6) is 0 Å². The van der Waals surface area contributed by atoms with Crippen molar-refractivity contribution in [2.75, 3.05) is 4.72 Å². The van der Waals surface area contributed by atoms with Crippen LogP contribution in [-0.2, 0) is 23.1 Å². The molecule has 3 N–H and O–H groups in total. The Morgan fingerprint density at radius 1 is 1.20 bits per heavy atom. The highest BCUT2D eigenvalue weighted by molar-refractivity contribution is 7.90. The van der Waals surface area contributed by atoms with Crippen LogP contribution in [0.1, 0.15) is 24.0 Å². The minimum Gasteiger partial charge on any atom is -0.271 e. The molecule has 0 heterocycles. The summed E-state index contributed by atoms with van der Waals surface area (Å²) in [4.78, 5) is 0. The Balaban J connectivity index is 2.39. The van der Waals surface area contributed by atoms with Crippen LogP contribution < -0.4 is 9.86 Å². The Labute approximate surface area is 89.7 Å². The molecule has 0 atom stereocenters. The third kappa shape index (κ3) is 2.49. The molecule has 1 aromatic carbocycles. The van der Waals surface area contributed by atoms with Crippen LogP contribution in [-0.4, -0.2) is 8.42 Å². The largest absolute Gasteiger partial charge is 0.296 e. The Hall–Kier alpha value is -1.07. The summed E-state index contributed by atoms with van der Waals surface area (Å²) in [5.74, 6) is 0. The molecular weight excluding hydrogens is 212 g/mol. The Kier molecular flexibility index (Phi) is 2.67. The zero-order chi connectivity index (χ0) is 10.9. The number of rotatable bonds is 2. The maximum Gasteiger partial charge on any atom is 0.296 e. The highest BCUT2D eigenvalue weighted by Crippen LogP contribution is 2.27. The highest BCUT2D eigenvalue weighted by atomic mass is 32.2. The molecule has 15 heavy (non-hydrogen) atoms. The Bertz CT molecular complexity index is 468. The molecule has 0 aliphatic heterocycles. The maximum atomic E-state index is 11.0. The summed E-state index contributed by atoms with van der Waals surface area (Å²) < 4.78 is 24.3. The lowest BCUT2D eigenvalue weighted by atomic mass is 9.91. The van der Waals surface area contributed by atoms with E-state index in [4.69, 9.17) is 5.14 Å². The van der Waals surface area contributed by atoms with Gasteiger partial charge in [0.05, 0.1) is 5.69 Å². The monoisotopic (exact) mass is 226 g/mol. The molecule has 0 unspecified atom stereocenters. The predicted molar refractivity (Wildman–Crippen MR) is 59.8 cm³/mol. The highest BCUT2D eigenvalue weighted by Gasteiger charge is 2.14. The van der Waals surface area contributed by atoms with Crippen molar-refractivity contribution in [3.8, 4) is 0 Å². The van der Waals surface area contributed by atoms with Gasteiger partial charge >= 0.3 is 0 Å². The molecule has 4 nitrogen and oxygen atoms in total. The van der Waals surface area contributed by atoms with Crippen LogP contribution in [0, 0.1) is 0 Å². The summed E-state index contributed by atoms with van der Waals surface area (Å²) in [7, 11) is -3.66. The minimum absolute atomic E-state index is 0.634. The summed E-state index contributed by atoms with van der Waals surface area (Å²) in [6, 6.07) is 5.66. The summed E-state index contributed by atoms with van der Waals surface area (Å²) in [6.07, 6.45) is 4.23. The van der Waals surface area contributed by atoms with Crippen molar-refractivity contribution < 1.29 is 8.42 Å². The molecule has 0 radical (unpaired) electrons. The second-order valence-corrected chi connectivity index (χ2v) is 5.09. The van der Waals surface area contributed by atoms with Crippen LogP contribution in [0.25, 0.3) is 0 Å². The number of nitrogens with two attached hydrogens (primary N) is 1. The Morgan fingerprint density at radius 3 is 2.67 bits per heavy atom. The number of benzene rings is 1. The molecule has 0 aromatic heterocycles. The van der Waals surface area contributed by atoms with Crippen molar-refractivity contribution in [1.29, 1.82) is 0 Å². The van der Waals surface area contributed by atoms with E-state index in [2.05, 4.69) is 4.72 Å². The van der Waals surface area contributed by atoms with Crippen LogP contribution in [0.2, 0.25) is 0 Å². The summed E-state index contributed by atoms with van der Waals surface area (Å²) in [5, 5.41) is 4.96. The van der Waals surface area contributed by atoms with Gasteiger partial charge in [-0.15, -0.1) is 0 Å². The van der Waals surface area contributed by atoms with E-state index in [9.17, 15) is 8.42 Å². The Morgan fingerprint density at radius 2 is 1.93 bits per heavy atom. The number of hydrogen-bond acceptors (Lipinski definition) is 2. The smallest absolute Gasteiger partial charge is 0.271 e. The number of hydrogen-bond donors (Lipinski definition) is 2.